The Bertz CT molecular complexity index is 1120. The summed E-state index contributed by atoms with van der Waals surface area (Å²) in [5.41, 5.74) is -1.33. The highest BCUT2D eigenvalue weighted by Gasteiger charge is 2.56. The summed E-state index contributed by atoms with van der Waals surface area (Å²) in [6.45, 7) is 3.19. The number of aromatic amines is 1. The molecule has 1 aromatic rings. The number of H-pyrrole nitrogens is 1. The van der Waals surface area contributed by atoms with Gasteiger partial charge >= 0.3 is 28.9 Å². The fourth-order valence-electron chi connectivity index (χ4n) is 3.56. The molecule has 2 heterocycles. The highest BCUT2D eigenvalue weighted by atomic mass is 31.3. The number of aromatic nitrogens is 2. The highest BCUT2D eigenvalue weighted by Crippen LogP contribution is 2.66. The standard InChI is InChI=1S/C13H21N2O14P3/c1-13(2)26-10-7(15-4-3-9(16)14-12(15)17)5-8(11(10)27-13)25-6-30(18,19)28-32(23,24)29-31(20,21)22/h3-4,7-8,10-11H,5-6H2,1-2H3,(H,18,19)(H,23,24)(H,14,16,17)(H2,20,21,22)/t7-,8+,10?,11?/m1/s1. The average molecular weight is 522 g/mol. The second-order valence-electron chi connectivity index (χ2n) is 7.48. The van der Waals surface area contributed by atoms with Crippen molar-refractivity contribution in [3.05, 3.63) is 33.1 Å². The number of hydrogen-bond acceptors (Lipinski definition) is 10. The van der Waals surface area contributed by atoms with E-state index in [1.165, 1.54) is 10.8 Å². The van der Waals surface area contributed by atoms with Crippen LogP contribution in [0, 0.1) is 0 Å². The molecular formula is C13H21N2O14P3. The Morgan fingerprint density at radius 2 is 1.75 bits per heavy atom. The first-order valence-electron chi connectivity index (χ1n) is 8.89. The van der Waals surface area contributed by atoms with Crippen LogP contribution in [-0.2, 0) is 36.5 Å². The second-order valence-corrected chi connectivity index (χ2v) is 12.2. The monoisotopic (exact) mass is 522 g/mol. The lowest BCUT2D eigenvalue weighted by atomic mass is 10.2. The first-order valence-corrected chi connectivity index (χ1v) is 13.7. The molecule has 19 heteroatoms. The Morgan fingerprint density at radius 1 is 1.12 bits per heavy atom. The molecule has 182 valence electrons. The number of nitrogens with one attached hydrogen (secondary N) is 1. The van der Waals surface area contributed by atoms with Crippen LogP contribution in [0.5, 0.6) is 0 Å². The number of rotatable bonds is 8. The van der Waals surface area contributed by atoms with Gasteiger partial charge in [0.05, 0.1) is 12.1 Å². The van der Waals surface area contributed by atoms with Gasteiger partial charge < -0.3 is 33.8 Å². The summed E-state index contributed by atoms with van der Waals surface area (Å²) in [5.74, 6) is -1.10. The van der Waals surface area contributed by atoms with E-state index in [0.717, 1.165) is 6.07 Å². The molecule has 6 atom stereocenters. The van der Waals surface area contributed by atoms with Crippen LogP contribution in [0.3, 0.4) is 0 Å². The Balaban J connectivity index is 1.75. The molecule has 2 fully saturated rings. The minimum Gasteiger partial charge on any atom is -0.363 e. The van der Waals surface area contributed by atoms with Gasteiger partial charge in [0.2, 0.25) is 0 Å². The van der Waals surface area contributed by atoms with Gasteiger partial charge in [0.1, 0.15) is 18.6 Å². The van der Waals surface area contributed by atoms with E-state index >= 15 is 0 Å². The molecule has 1 aliphatic carbocycles. The number of ether oxygens (including phenoxy) is 3. The predicted molar refractivity (Wildman–Crippen MR) is 102 cm³/mol. The van der Waals surface area contributed by atoms with Gasteiger partial charge in [-0.25, -0.2) is 18.2 Å². The van der Waals surface area contributed by atoms with Crippen LogP contribution in [-0.4, -0.2) is 59.6 Å². The second kappa shape index (κ2) is 8.66. The molecule has 0 aromatic carbocycles. The molecule has 2 aliphatic rings. The van der Waals surface area contributed by atoms with Crippen molar-refractivity contribution in [2.75, 3.05) is 6.35 Å². The van der Waals surface area contributed by atoms with Gasteiger partial charge in [-0.2, -0.15) is 4.31 Å². The van der Waals surface area contributed by atoms with Gasteiger partial charge in [0.15, 0.2) is 5.79 Å². The molecule has 5 N–H and O–H groups in total. The van der Waals surface area contributed by atoms with Crippen molar-refractivity contribution in [1.29, 1.82) is 0 Å². The van der Waals surface area contributed by atoms with E-state index in [9.17, 15) is 33.1 Å². The van der Waals surface area contributed by atoms with E-state index in [-0.39, 0.29) is 6.42 Å². The summed E-state index contributed by atoms with van der Waals surface area (Å²) in [6, 6.07) is 0.429. The summed E-state index contributed by atoms with van der Waals surface area (Å²) in [6.07, 6.45) is -2.45. The average Bonchev–Trinajstić information content (AvgIpc) is 3.03. The third-order valence-corrected chi connectivity index (χ3v) is 8.48. The van der Waals surface area contributed by atoms with Gasteiger partial charge in [-0.05, 0) is 20.3 Å². The largest absolute Gasteiger partial charge is 0.488 e. The Morgan fingerprint density at radius 3 is 2.34 bits per heavy atom. The van der Waals surface area contributed by atoms with E-state index in [4.69, 9.17) is 24.0 Å². The minimum absolute atomic E-state index is 0.0210. The molecular weight excluding hydrogens is 501 g/mol. The lowest BCUT2D eigenvalue weighted by Gasteiger charge is -2.24. The van der Waals surface area contributed by atoms with E-state index < -0.39 is 71.0 Å². The Kier molecular flexibility index (Phi) is 6.93. The van der Waals surface area contributed by atoms with Crippen LogP contribution < -0.4 is 11.2 Å². The fraction of sp³-hybridized carbons (Fsp3) is 0.692. The molecule has 0 radical (unpaired) electrons. The summed E-state index contributed by atoms with van der Waals surface area (Å²) in [4.78, 5) is 61.8. The SMILES string of the molecule is CC1(C)OC2C(O1)[C@H](n1ccc(=O)[nH]c1=O)C[C@@H]2OCP(=O)(O)OP(=O)(O)OP(=O)(O)O. The van der Waals surface area contributed by atoms with Crippen LogP contribution in [0.4, 0.5) is 0 Å². The van der Waals surface area contributed by atoms with Crippen molar-refractivity contribution >= 4 is 23.2 Å². The van der Waals surface area contributed by atoms with Gasteiger partial charge in [-0.1, -0.05) is 0 Å². The van der Waals surface area contributed by atoms with E-state index in [1.54, 1.807) is 13.8 Å². The predicted octanol–water partition coefficient (Wildman–Crippen LogP) is -0.244. The quantitative estimate of drug-likeness (QED) is 0.277. The number of nitrogens with zero attached hydrogens (tertiary/aromatic N) is 1. The summed E-state index contributed by atoms with van der Waals surface area (Å²) in [7, 11) is -16.1. The number of hydrogen-bond donors (Lipinski definition) is 5. The van der Waals surface area contributed by atoms with Crippen molar-refractivity contribution in [2.24, 2.45) is 0 Å². The zero-order valence-electron chi connectivity index (χ0n) is 16.5. The van der Waals surface area contributed by atoms with Crippen LogP contribution >= 0.6 is 23.2 Å². The van der Waals surface area contributed by atoms with Gasteiger partial charge in [0, 0.05) is 12.3 Å². The van der Waals surface area contributed by atoms with Crippen LogP contribution in [0.2, 0.25) is 0 Å². The minimum atomic E-state index is -5.60. The first kappa shape index (κ1) is 25.6. The number of fused-ring (bicyclic) bond motifs is 1. The van der Waals surface area contributed by atoms with Crippen molar-refractivity contribution < 1.29 is 56.1 Å². The van der Waals surface area contributed by atoms with Crippen LogP contribution in [0.15, 0.2) is 21.9 Å². The maximum absolute atomic E-state index is 12.2. The molecule has 0 spiro atoms. The number of phosphoric acid groups is 2. The first-order chi connectivity index (χ1) is 14.5. The molecule has 16 nitrogen and oxygen atoms in total. The van der Waals surface area contributed by atoms with Gasteiger partial charge in [0.25, 0.3) is 5.56 Å². The lowest BCUT2D eigenvalue weighted by Crippen LogP contribution is -2.36. The Hall–Kier alpha value is -0.990. The van der Waals surface area contributed by atoms with Crippen molar-refractivity contribution in [3.63, 3.8) is 0 Å². The van der Waals surface area contributed by atoms with Crippen LogP contribution in [0.1, 0.15) is 26.3 Å². The molecule has 1 aliphatic heterocycles. The van der Waals surface area contributed by atoms with E-state index in [0.29, 0.717) is 0 Å². The molecule has 1 saturated carbocycles. The van der Waals surface area contributed by atoms with Crippen molar-refractivity contribution in [1.82, 2.24) is 9.55 Å². The molecule has 3 rings (SSSR count). The Labute approximate surface area is 179 Å². The van der Waals surface area contributed by atoms with Gasteiger partial charge in [-0.15, -0.1) is 0 Å². The zero-order valence-corrected chi connectivity index (χ0v) is 19.2. The molecule has 32 heavy (non-hydrogen) atoms. The summed E-state index contributed by atoms with van der Waals surface area (Å²) in [5, 5.41) is 0. The lowest BCUT2D eigenvalue weighted by molar-refractivity contribution is -0.168. The molecule has 0 bridgehead atoms. The normalized spacial score (nSPS) is 31.1. The van der Waals surface area contributed by atoms with Crippen molar-refractivity contribution in [3.8, 4) is 0 Å². The molecule has 4 unspecified atom stereocenters. The zero-order chi connectivity index (χ0) is 24.1. The van der Waals surface area contributed by atoms with Crippen LogP contribution in [0.25, 0.3) is 0 Å². The fourth-order valence-corrected chi connectivity index (χ4v) is 6.88. The maximum Gasteiger partial charge on any atom is 0.488 e. The smallest absolute Gasteiger partial charge is 0.363 e. The third-order valence-electron chi connectivity index (χ3n) is 4.48. The highest BCUT2D eigenvalue weighted by molar-refractivity contribution is 7.68. The molecule has 0 amide bonds. The third kappa shape index (κ3) is 6.32. The van der Waals surface area contributed by atoms with Crippen molar-refractivity contribution in [2.45, 2.75) is 50.4 Å². The van der Waals surface area contributed by atoms with E-state index in [1.807, 2.05) is 0 Å². The maximum atomic E-state index is 12.2. The van der Waals surface area contributed by atoms with E-state index in [2.05, 4.69) is 13.6 Å². The molecule has 1 saturated heterocycles. The summed E-state index contributed by atoms with van der Waals surface area (Å²) < 4.78 is 59.9. The molecule has 1 aromatic heterocycles. The van der Waals surface area contributed by atoms with Gasteiger partial charge in [-0.3, -0.25) is 18.9 Å². The summed E-state index contributed by atoms with van der Waals surface area (Å²) >= 11 is 0. The topological polar surface area (TPSA) is 233 Å².